The third-order valence-electron chi connectivity index (χ3n) is 5.25. The number of nitrogens with zero attached hydrogens (tertiary/aromatic N) is 1. The Hall–Kier alpha value is -3.34. The highest BCUT2D eigenvalue weighted by Crippen LogP contribution is 2.32. The summed E-state index contributed by atoms with van der Waals surface area (Å²) in [6.45, 7) is 0.380. The molecule has 0 aliphatic heterocycles. The third-order valence-corrected chi connectivity index (χ3v) is 6.60. The topological polar surface area (TPSA) is 31.4 Å². The van der Waals surface area contributed by atoms with Gasteiger partial charge in [-0.25, -0.2) is 4.98 Å². The average molecular weight is 458 g/mol. The van der Waals surface area contributed by atoms with E-state index in [0.717, 1.165) is 21.7 Å². The van der Waals surface area contributed by atoms with Gasteiger partial charge in [0.1, 0.15) is 11.6 Å². The summed E-state index contributed by atoms with van der Waals surface area (Å²) >= 11 is 7.91. The molecule has 0 saturated heterocycles. The molecule has 0 aliphatic rings. The number of aromatic nitrogens is 1. The van der Waals surface area contributed by atoms with Gasteiger partial charge < -0.3 is 9.47 Å². The molecule has 32 heavy (non-hydrogen) atoms. The molecule has 0 atom stereocenters. The van der Waals surface area contributed by atoms with Crippen molar-refractivity contribution >= 4 is 56.1 Å². The second kappa shape index (κ2) is 9.03. The zero-order valence-corrected chi connectivity index (χ0v) is 19.0. The maximum atomic E-state index is 6.22. The Labute approximate surface area is 195 Å². The number of rotatable bonds is 6. The van der Waals surface area contributed by atoms with E-state index in [1.807, 2.05) is 54.6 Å². The van der Waals surface area contributed by atoms with E-state index in [2.05, 4.69) is 36.4 Å². The lowest BCUT2D eigenvalue weighted by Gasteiger charge is -2.12. The van der Waals surface area contributed by atoms with Gasteiger partial charge >= 0.3 is 0 Å². The minimum atomic E-state index is 0.380. The SMILES string of the molecule is COc1cc(/C=C/c2nc3c(ccc4ccccc43)s2)ccc1OCc1ccccc1Cl. The second-order valence-electron chi connectivity index (χ2n) is 7.31. The van der Waals surface area contributed by atoms with Crippen molar-refractivity contribution in [2.24, 2.45) is 0 Å². The smallest absolute Gasteiger partial charge is 0.161 e. The van der Waals surface area contributed by atoms with Crippen LogP contribution in [0.3, 0.4) is 0 Å². The summed E-state index contributed by atoms with van der Waals surface area (Å²) in [5.41, 5.74) is 2.99. The summed E-state index contributed by atoms with van der Waals surface area (Å²) in [7, 11) is 1.64. The van der Waals surface area contributed by atoms with Gasteiger partial charge in [-0.1, -0.05) is 72.3 Å². The lowest BCUT2D eigenvalue weighted by atomic mass is 10.1. The highest BCUT2D eigenvalue weighted by atomic mass is 35.5. The first-order chi connectivity index (χ1) is 15.7. The molecule has 1 heterocycles. The first-order valence-corrected chi connectivity index (χ1v) is 11.4. The standard InChI is InChI=1S/C27H20ClNO2S/c1-30-24-16-18(10-13-23(24)31-17-20-7-3-5-9-22(20)28)11-15-26-29-27-21-8-4-2-6-19(21)12-14-25(27)32-26/h2-16H,17H2,1H3/b15-11+. The van der Waals surface area contributed by atoms with Gasteiger partial charge in [0.25, 0.3) is 0 Å². The van der Waals surface area contributed by atoms with Crippen LogP contribution in [0.25, 0.3) is 33.1 Å². The van der Waals surface area contributed by atoms with Gasteiger partial charge in [0.05, 0.1) is 17.3 Å². The summed E-state index contributed by atoms with van der Waals surface area (Å²) in [4.78, 5) is 4.85. The van der Waals surface area contributed by atoms with Crippen LogP contribution < -0.4 is 9.47 Å². The van der Waals surface area contributed by atoms with Crippen LogP contribution in [-0.4, -0.2) is 12.1 Å². The van der Waals surface area contributed by atoms with Crippen LogP contribution in [0.4, 0.5) is 0 Å². The van der Waals surface area contributed by atoms with Crippen molar-refractivity contribution < 1.29 is 9.47 Å². The van der Waals surface area contributed by atoms with Gasteiger partial charge in [-0.2, -0.15) is 0 Å². The van der Waals surface area contributed by atoms with Crippen LogP contribution in [0.2, 0.25) is 5.02 Å². The Morgan fingerprint density at radius 2 is 1.75 bits per heavy atom. The summed E-state index contributed by atoms with van der Waals surface area (Å²) < 4.78 is 12.7. The number of methoxy groups -OCH3 is 1. The number of thiazole rings is 1. The largest absolute Gasteiger partial charge is 0.493 e. The fourth-order valence-electron chi connectivity index (χ4n) is 3.60. The lowest BCUT2D eigenvalue weighted by Crippen LogP contribution is -1.98. The molecule has 5 heteroatoms. The lowest BCUT2D eigenvalue weighted by molar-refractivity contribution is 0.284. The van der Waals surface area contributed by atoms with Crippen molar-refractivity contribution in [3.63, 3.8) is 0 Å². The fourth-order valence-corrected chi connectivity index (χ4v) is 4.67. The van der Waals surface area contributed by atoms with Crippen molar-refractivity contribution in [2.45, 2.75) is 6.61 Å². The van der Waals surface area contributed by atoms with Crippen molar-refractivity contribution in [3.05, 3.63) is 100 Å². The van der Waals surface area contributed by atoms with E-state index in [-0.39, 0.29) is 0 Å². The molecule has 3 nitrogen and oxygen atoms in total. The molecule has 0 saturated carbocycles. The summed E-state index contributed by atoms with van der Waals surface area (Å²) in [6.07, 6.45) is 4.08. The van der Waals surface area contributed by atoms with E-state index in [1.165, 1.54) is 15.5 Å². The maximum Gasteiger partial charge on any atom is 0.161 e. The van der Waals surface area contributed by atoms with Gasteiger partial charge in [0.15, 0.2) is 11.5 Å². The van der Waals surface area contributed by atoms with Gasteiger partial charge in [-0.05, 0) is 41.3 Å². The molecule has 0 amide bonds. The Kier molecular flexibility index (Phi) is 5.80. The summed E-state index contributed by atoms with van der Waals surface area (Å²) in [6, 6.07) is 26.2. The molecule has 0 N–H and O–H groups in total. The predicted molar refractivity (Wildman–Crippen MR) is 135 cm³/mol. The summed E-state index contributed by atoms with van der Waals surface area (Å²) in [5, 5.41) is 4.05. The van der Waals surface area contributed by atoms with Crippen LogP contribution in [0.1, 0.15) is 16.1 Å². The molecule has 5 rings (SSSR count). The molecular weight excluding hydrogens is 438 g/mol. The average Bonchev–Trinajstić information content (AvgIpc) is 3.26. The van der Waals surface area contributed by atoms with Crippen LogP contribution in [-0.2, 0) is 6.61 Å². The van der Waals surface area contributed by atoms with E-state index in [1.54, 1.807) is 18.4 Å². The minimum absolute atomic E-state index is 0.380. The maximum absolute atomic E-state index is 6.22. The van der Waals surface area contributed by atoms with Crippen molar-refractivity contribution in [3.8, 4) is 11.5 Å². The van der Waals surface area contributed by atoms with Crippen molar-refractivity contribution in [2.75, 3.05) is 7.11 Å². The van der Waals surface area contributed by atoms with Crippen molar-refractivity contribution in [1.29, 1.82) is 0 Å². The highest BCUT2D eigenvalue weighted by Gasteiger charge is 2.08. The number of fused-ring (bicyclic) bond motifs is 3. The molecule has 0 unspecified atom stereocenters. The number of hydrogen-bond acceptors (Lipinski definition) is 4. The molecule has 0 spiro atoms. The highest BCUT2D eigenvalue weighted by molar-refractivity contribution is 7.19. The molecule has 5 aromatic rings. The number of halogens is 1. The van der Waals surface area contributed by atoms with E-state index < -0.39 is 0 Å². The number of benzene rings is 4. The zero-order chi connectivity index (χ0) is 21.9. The fraction of sp³-hybridized carbons (Fsp3) is 0.0741. The van der Waals surface area contributed by atoms with Gasteiger partial charge in [0, 0.05) is 16.0 Å². The monoisotopic (exact) mass is 457 g/mol. The first-order valence-electron chi connectivity index (χ1n) is 10.2. The number of ether oxygens (including phenoxy) is 2. The third kappa shape index (κ3) is 4.20. The molecule has 0 radical (unpaired) electrons. The van der Waals surface area contributed by atoms with Gasteiger partial charge in [0.2, 0.25) is 0 Å². The summed E-state index contributed by atoms with van der Waals surface area (Å²) in [5.74, 6) is 1.35. The van der Waals surface area contributed by atoms with Gasteiger partial charge in [-0.3, -0.25) is 0 Å². The quantitative estimate of drug-likeness (QED) is 0.260. The van der Waals surface area contributed by atoms with Crippen LogP contribution in [0.5, 0.6) is 11.5 Å². The number of hydrogen-bond donors (Lipinski definition) is 0. The van der Waals surface area contributed by atoms with Crippen LogP contribution in [0.15, 0.2) is 78.9 Å². The van der Waals surface area contributed by atoms with Crippen LogP contribution >= 0.6 is 22.9 Å². The zero-order valence-electron chi connectivity index (χ0n) is 17.4. The van der Waals surface area contributed by atoms with Crippen LogP contribution in [0, 0.1) is 0 Å². The molecular formula is C27H20ClNO2S. The molecule has 158 valence electrons. The normalized spacial score (nSPS) is 11.4. The van der Waals surface area contributed by atoms with E-state index in [4.69, 9.17) is 26.1 Å². The predicted octanol–water partition coefficient (Wildman–Crippen LogP) is 7.86. The Balaban J connectivity index is 1.37. The van der Waals surface area contributed by atoms with E-state index >= 15 is 0 Å². The molecule has 0 bridgehead atoms. The molecule has 4 aromatic carbocycles. The van der Waals surface area contributed by atoms with Gasteiger partial charge in [-0.15, -0.1) is 11.3 Å². The second-order valence-corrected chi connectivity index (χ2v) is 8.78. The Morgan fingerprint density at radius 3 is 2.62 bits per heavy atom. The Bertz CT molecular complexity index is 1440. The van der Waals surface area contributed by atoms with E-state index in [0.29, 0.717) is 23.1 Å². The first kappa shape index (κ1) is 20.6. The Morgan fingerprint density at radius 1 is 0.906 bits per heavy atom. The van der Waals surface area contributed by atoms with Crippen molar-refractivity contribution in [1.82, 2.24) is 4.98 Å². The van der Waals surface area contributed by atoms with E-state index in [9.17, 15) is 0 Å². The molecule has 0 fully saturated rings. The molecule has 1 aromatic heterocycles. The minimum Gasteiger partial charge on any atom is -0.493 e. The molecule has 0 aliphatic carbocycles.